The summed E-state index contributed by atoms with van der Waals surface area (Å²) in [5.41, 5.74) is 1.51. The van der Waals surface area contributed by atoms with Crippen molar-refractivity contribution in [3.05, 3.63) is 89.1 Å². The van der Waals surface area contributed by atoms with Crippen LogP contribution >= 0.6 is 11.3 Å². The van der Waals surface area contributed by atoms with Gasteiger partial charge in [-0.3, -0.25) is 14.5 Å². The third kappa shape index (κ3) is 7.27. The second-order valence-corrected chi connectivity index (χ2v) is 13.4. The van der Waals surface area contributed by atoms with E-state index in [-0.39, 0.29) is 17.9 Å². The van der Waals surface area contributed by atoms with Gasteiger partial charge in [0, 0.05) is 49.3 Å². The number of nitrogens with one attached hydrogen (secondary N) is 2. The molecule has 1 saturated heterocycles. The van der Waals surface area contributed by atoms with E-state index in [2.05, 4.69) is 79.8 Å². The fourth-order valence-corrected chi connectivity index (χ4v) is 7.61. The maximum absolute atomic E-state index is 14.0. The Morgan fingerprint density at radius 1 is 0.955 bits per heavy atom. The fourth-order valence-electron chi connectivity index (χ4n) is 6.55. The highest BCUT2D eigenvalue weighted by Gasteiger charge is 2.43. The van der Waals surface area contributed by atoms with Crippen molar-refractivity contribution in [3.8, 4) is 0 Å². The summed E-state index contributed by atoms with van der Waals surface area (Å²) in [5, 5.41) is 7.69. The van der Waals surface area contributed by atoms with Gasteiger partial charge >= 0.3 is 0 Å². The molecule has 2 aromatic heterocycles. The van der Waals surface area contributed by atoms with Gasteiger partial charge in [-0.2, -0.15) is 0 Å². The van der Waals surface area contributed by atoms with Gasteiger partial charge in [0.05, 0.1) is 4.88 Å². The zero-order valence-electron chi connectivity index (χ0n) is 25.5. The van der Waals surface area contributed by atoms with Crippen molar-refractivity contribution in [1.29, 1.82) is 0 Å². The van der Waals surface area contributed by atoms with Crippen molar-refractivity contribution in [1.82, 2.24) is 25.5 Å². The van der Waals surface area contributed by atoms with Crippen LogP contribution in [0.1, 0.15) is 59.3 Å². The molecule has 2 amide bonds. The maximum atomic E-state index is 14.0. The number of carbonyl (C=O) groups is 2. The monoisotopic (exact) mass is 610 g/mol. The fraction of sp³-hybridized carbons (Fsp3) is 0.429. The number of fused-ring (bicyclic) bond motifs is 1. The third-order valence-electron chi connectivity index (χ3n) is 9.04. The molecule has 2 aromatic carbocycles. The van der Waals surface area contributed by atoms with Crippen LogP contribution in [-0.4, -0.2) is 71.0 Å². The molecule has 2 aliphatic rings. The molecular formula is C35H42N6O2S. The second-order valence-electron chi connectivity index (χ2n) is 12.3. The molecule has 0 spiro atoms. The normalized spacial score (nSPS) is 17.4. The van der Waals surface area contributed by atoms with Crippen LogP contribution in [0.4, 0.5) is 5.95 Å². The molecule has 44 heavy (non-hydrogen) atoms. The van der Waals surface area contributed by atoms with E-state index >= 15 is 0 Å². The number of amides is 2. The van der Waals surface area contributed by atoms with Gasteiger partial charge in [-0.1, -0.05) is 55.3 Å². The van der Waals surface area contributed by atoms with E-state index in [0.29, 0.717) is 17.7 Å². The zero-order valence-corrected chi connectivity index (χ0v) is 26.3. The Bertz CT molecular complexity index is 1550. The smallest absolute Gasteiger partial charge is 0.262 e. The first kappa shape index (κ1) is 30.2. The van der Waals surface area contributed by atoms with Crippen molar-refractivity contribution in [3.63, 3.8) is 0 Å². The molecule has 6 rings (SSSR count). The topological polar surface area (TPSA) is 90.5 Å². The molecule has 1 saturated carbocycles. The SMILES string of the molecule is Cc1ccc2cc(C(=O)NC3(C(=O)N[C@@H](CCCN4CCN(c5ncccn5)CC4)Cc4ccccc4)CCCC3)sc2c1. The molecular weight excluding hydrogens is 568 g/mol. The predicted molar refractivity (Wildman–Crippen MR) is 177 cm³/mol. The van der Waals surface area contributed by atoms with E-state index in [1.165, 1.54) is 22.5 Å². The number of anilines is 1. The lowest BCUT2D eigenvalue weighted by atomic mass is 9.94. The lowest BCUT2D eigenvalue weighted by Gasteiger charge is -2.35. The number of benzene rings is 2. The summed E-state index contributed by atoms with van der Waals surface area (Å²) in [7, 11) is 0. The molecule has 9 heteroatoms. The van der Waals surface area contributed by atoms with Crippen molar-refractivity contribution >= 4 is 39.2 Å². The average Bonchev–Trinajstić information content (AvgIpc) is 3.70. The summed E-state index contributed by atoms with van der Waals surface area (Å²) in [6.07, 6.45) is 9.42. The number of rotatable bonds is 11. The number of aryl methyl sites for hydroxylation is 1. The quantitative estimate of drug-likeness (QED) is 0.237. The summed E-state index contributed by atoms with van der Waals surface area (Å²) in [6, 6.07) is 20.4. The number of thiophene rings is 1. The summed E-state index contributed by atoms with van der Waals surface area (Å²) in [6.45, 7) is 6.81. The Kier molecular flexibility index (Phi) is 9.52. The molecule has 0 unspecified atom stereocenters. The van der Waals surface area contributed by atoms with E-state index in [9.17, 15) is 9.59 Å². The van der Waals surface area contributed by atoms with Gasteiger partial charge in [0.1, 0.15) is 5.54 Å². The summed E-state index contributed by atoms with van der Waals surface area (Å²) in [5.74, 6) is 0.603. The molecule has 0 radical (unpaired) electrons. The van der Waals surface area contributed by atoms with Gasteiger partial charge in [0.2, 0.25) is 11.9 Å². The zero-order chi connectivity index (χ0) is 30.4. The van der Waals surface area contributed by atoms with Crippen molar-refractivity contribution in [2.75, 3.05) is 37.6 Å². The van der Waals surface area contributed by atoms with Crippen molar-refractivity contribution in [2.24, 2.45) is 0 Å². The number of hydrogen-bond acceptors (Lipinski definition) is 7. The predicted octanol–water partition coefficient (Wildman–Crippen LogP) is 5.37. The van der Waals surface area contributed by atoms with E-state index in [0.717, 1.165) is 80.9 Å². The summed E-state index contributed by atoms with van der Waals surface area (Å²) < 4.78 is 1.10. The molecule has 1 aliphatic heterocycles. The largest absolute Gasteiger partial charge is 0.351 e. The van der Waals surface area contributed by atoms with Crippen LogP contribution < -0.4 is 15.5 Å². The second kappa shape index (κ2) is 13.9. The molecule has 3 heterocycles. The number of nitrogens with zero attached hydrogens (tertiary/aromatic N) is 4. The molecule has 4 aromatic rings. The van der Waals surface area contributed by atoms with Crippen LogP contribution in [-0.2, 0) is 11.2 Å². The van der Waals surface area contributed by atoms with E-state index in [4.69, 9.17) is 0 Å². The maximum Gasteiger partial charge on any atom is 0.262 e. The lowest BCUT2D eigenvalue weighted by Crippen LogP contribution is -2.59. The molecule has 2 fully saturated rings. The first-order valence-corrected chi connectivity index (χ1v) is 16.7. The van der Waals surface area contributed by atoms with E-state index in [1.54, 1.807) is 12.4 Å². The van der Waals surface area contributed by atoms with Gasteiger partial charge in [-0.15, -0.1) is 11.3 Å². The first-order valence-electron chi connectivity index (χ1n) is 15.9. The standard InChI is InChI=1S/C35H42N6O2S/c1-26-12-13-28-25-31(44-30(28)23-26)32(42)39-35(14-5-6-15-35)33(43)38-29(24-27-9-3-2-4-10-27)11-7-18-40-19-21-41(22-20-40)34-36-16-8-17-37-34/h2-4,8-10,12-13,16-17,23,25,29H,5-7,11,14-15,18-22,24H2,1H3,(H,38,43)(H,39,42)/t29-/m0/s1. The van der Waals surface area contributed by atoms with Crippen molar-refractivity contribution in [2.45, 2.75) is 63.5 Å². The first-order chi connectivity index (χ1) is 21.5. The highest BCUT2D eigenvalue weighted by Crippen LogP contribution is 2.32. The number of hydrogen-bond donors (Lipinski definition) is 2. The van der Waals surface area contributed by atoms with Gasteiger partial charge < -0.3 is 15.5 Å². The van der Waals surface area contributed by atoms with Gasteiger partial charge in [0.15, 0.2) is 0 Å². The summed E-state index contributed by atoms with van der Waals surface area (Å²) in [4.78, 5) is 41.7. The van der Waals surface area contributed by atoms with Crippen LogP contribution in [0.15, 0.2) is 73.1 Å². The molecule has 1 atom stereocenters. The Hall–Kier alpha value is -3.82. The van der Waals surface area contributed by atoms with Gasteiger partial charge in [0.25, 0.3) is 5.91 Å². The molecule has 8 nitrogen and oxygen atoms in total. The highest BCUT2D eigenvalue weighted by molar-refractivity contribution is 7.20. The van der Waals surface area contributed by atoms with Crippen LogP contribution in [0, 0.1) is 6.92 Å². The Balaban J connectivity index is 1.08. The van der Waals surface area contributed by atoms with Gasteiger partial charge in [-0.05, 0) is 80.3 Å². The molecule has 2 N–H and O–H groups in total. The minimum atomic E-state index is -0.867. The molecule has 230 valence electrons. The number of piperazine rings is 1. The molecule has 1 aliphatic carbocycles. The minimum Gasteiger partial charge on any atom is -0.351 e. The lowest BCUT2D eigenvalue weighted by molar-refractivity contribution is -0.128. The van der Waals surface area contributed by atoms with Crippen LogP contribution in [0.25, 0.3) is 10.1 Å². The van der Waals surface area contributed by atoms with E-state index in [1.807, 2.05) is 18.2 Å². The van der Waals surface area contributed by atoms with Crippen LogP contribution in [0.2, 0.25) is 0 Å². The molecule has 0 bridgehead atoms. The number of carbonyl (C=O) groups excluding carboxylic acids is 2. The number of aromatic nitrogens is 2. The van der Waals surface area contributed by atoms with Crippen molar-refractivity contribution < 1.29 is 9.59 Å². The Morgan fingerprint density at radius 3 is 2.45 bits per heavy atom. The Labute approximate surface area is 263 Å². The third-order valence-corrected chi connectivity index (χ3v) is 10.1. The van der Waals surface area contributed by atoms with E-state index < -0.39 is 5.54 Å². The highest BCUT2D eigenvalue weighted by atomic mass is 32.1. The minimum absolute atomic E-state index is 0.00872. The van der Waals surface area contributed by atoms with Crippen LogP contribution in [0.3, 0.4) is 0 Å². The van der Waals surface area contributed by atoms with Gasteiger partial charge in [-0.25, -0.2) is 9.97 Å². The van der Waals surface area contributed by atoms with Crippen LogP contribution in [0.5, 0.6) is 0 Å². The average molecular weight is 611 g/mol. The summed E-state index contributed by atoms with van der Waals surface area (Å²) >= 11 is 1.49. The Morgan fingerprint density at radius 2 is 1.70 bits per heavy atom.